The fourth-order valence-electron chi connectivity index (χ4n) is 1.59. The second-order valence-electron chi connectivity index (χ2n) is 3.60. The number of hydrogen-bond donors (Lipinski definition) is 1. The minimum Gasteiger partial charge on any atom is -0.398 e. The number of hydrogen-bond acceptors (Lipinski definition) is 3. The Bertz CT molecular complexity index is 563. The van der Waals surface area contributed by atoms with Gasteiger partial charge in [0.2, 0.25) is 5.78 Å². The summed E-state index contributed by atoms with van der Waals surface area (Å²) in [5, 5.41) is 0.445. The van der Waals surface area contributed by atoms with E-state index in [0.717, 1.165) is 0 Å². The SMILES string of the molecule is CCn1ccnc1C(=O)c1ccc(Cl)c(N)c1. The molecular weight excluding hydrogens is 238 g/mol. The van der Waals surface area contributed by atoms with Crippen molar-refractivity contribution in [1.82, 2.24) is 9.55 Å². The fourth-order valence-corrected chi connectivity index (χ4v) is 1.71. The van der Waals surface area contributed by atoms with E-state index in [1.807, 2.05) is 6.92 Å². The molecule has 0 unspecified atom stereocenters. The van der Waals surface area contributed by atoms with Crippen molar-refractivity contribution in [1.29, 1.82) is 0 Å². The van der Waals surface area contributed by atoms with Crippen LogP contribution in [0, 0.1) is 0 Å². The first-order chi connectivity index (χ1) is 8.13. The van der Waals surface area contributed by atoms with E-state index >= 15 is 0 Å². The van der Waals surface area contributed by atoms with Crippen LogP contribution in [0.4, 0.5) is 5.69 Å². The van der Waals surface area contributed by atoms with Crippen LogP contribution in [0.1, 0.15) is 23.1 Å². The van der Waals surface area contributed by atoms with Crippen LogP contribution >= 0.6 is 11.6 Å². The number of anilines is 1. The Morgan fingerprint density at radius 1 is 1.53 bits per heavy atom. The molecule has 1 aromatic heterocycles. The molecule has 0 fully saturated rings. The van der Waals surface area contributed by atoms with Crippen LogP contribution in [0.2, 0.25) is 5.02 Å². The number of halogens is 1. The van der Waals surface area contributed by atoms with E-state index in [-0.39, 0.29) is 5.78 Å². The summed E-state index contributed by atoms with van der Waals surface area (Å²) < 4.78 is 1.78. The van der Waals surface area contributed by atoms with Crippen molar-refractivity contribution in [2.24, 2.45) is 0 Å². The molecule has 4 nitrogen and oxygen atoms in total. The zero-order valence-corrected chi connectivity index (χ0v) is 10.1. The summed E-state index contributed by atoms with van der Waals surface area (Å²) >= 11 is 5.81. The lowest BCUT2D eigenvalue weighted by molar-refractivity contribution is 0.102. The number of carbonyl (C=O) groups excluding carboxylic acids is 1. The maximum absolute atomic E-state index is 12.2. The Morgan fingerprint density at radius 3 is 2.94 bits per heavy atom. The first kappa shape index (κ1) is 11.7. The molecule has 0 amide bonds. The summed E-state index contributed by atoms with van der Waals surface area (Å²) in [6.45, 7) is 2.65. The van der Waals surface area contributed by atoms with Gasteiger partial charge in [0.25, 0.3) is 0 Å². The Balaban J connectivity index is 2.40. The molecule has 0 spiro atoms. The van der Waals surface area contributed by atoms with Crippen LogP contribution in [-0.4, -0.2) is 15.3 Å². The third-order valence-electron chi connectivity index (χ3n) is 2.52. The highest BCUT2D eigenvalue weighted by molar-refractivity contribution is 6.33. The average Bonchev–Trinajstić information content (AvgIpc) is 2.80. The fraction of sp³-hybridized carbons (Fsp3) is 0.167. The van der Waals surface area contributed by atoms with Gasteiger partial charge in [0.1, 0.15) is 0 Å². The van der Waals surface area contributed by atoms with Crippen molar-refractivity contribution in [2.75, 3.05) is 5.73 Å². The molecule has 0 saturated carbocycles. The Hall–Kier alpha value is -1.81. The van der Waals surface area contributed by atoms with Crippen molar-refractivity contribution in [3.63, 3.8) is 0 Å². The number of nitrogens with zero attached hydrogens (tertiary/aromatic N) is 2. The molecule has 0 saturated heterocycles. The molecule has 2 rings (SSSR count). The number of carbonyl (C=O) groups is 1. The molecule has 1 aromatic carbocycles. The van der Waals surface area contributed by atoms with Gasteiger partial charge in [-0.15, -0.1) is 0 Å². The first-order valence-corrected chi connectivity index (χ1v) is 5.62. The van der Waals surface area contributed by atoms with Crippen molar-refractivity contribution in [3.8, 4) is 0 Å². The number of aromatic nitrogens is 2. The molecule has 0 aliphatic heterocycles. The summed E-state index contributed by atoms with van der Waals surface area (Å²) in [6.07, 6.45) is 3.38. The highest BCUT2D eigenvalue weighted by atomic mass is 35.5. The van der Waals surface area contributed by atoms with Gasteiger partial charge in [-0.2, -0.15) is 0 Å². The third kappa shape index (κ3) is 2.17. The molecule has 0 atom stereocenters. The van der Waals surface area contributed by atoms with E-state index in [1.54, 1.807) is 35.2 Å². The largest absolute Gasteiger partial charge is 0.398 e. The number of rotatable bonds is 3. The van der Waals surface area contributed by atoms with E-state index in [2.05, 4.69) is 4.98 Å². The minimum atomic E-state index is -0.153. The van der Waals surface area contributed by atoms with Gasteiger partial charge < -0.3 is 10.3 Å². The predicted molar refractivity (Wildman–Crippen MR) is 67.2 cm³/mol. The van der Waals surface area contributed by atoms with Crippen LogP contribution in [0.15, 0.2) is 30.6 Å². The molecular formula is C12H12ClN3O. The zero-order chi connectivity index (χ0) is 12.4. The van der Waals surface area contributed by atoms with E-state index in [4.69, 9.17) is 17.3 Å². The number of aryl methyl sites for hydroxylation is 1. The molecule has 0 aliphatic carbocycles. The Morgan fingerprint density at radius 2 is 2.29 bits per heavy atom. The Kier molecular flexibility index (Phi) is 3.15. The molecule has 17 heavy (non-hydrogen) atoms. The van der Waals surface area contributed by atoms with Gasteiger partial charge in [-0.05, 0) is 25.1 Å². The van der Waals surface area contributed by atoms with Crippen LogP contribution in [-0.2, 0) is 6.54 Å². The maximum Gasteiger partial charge on any atom is 0.228 e. The predicted octanol–water partition coefficient (Wildman–Crippen LogP) is 2.37. The van der Waals surface area contributed by atoms with Gasteiger partial charge >= 0.3 is 0 Å². The van der Waals surface area contributed by atoms with Crippen molar-refractivity contribution >= 4 is 23.1 Å². The smallest absolute Gasteiger partial charge is 0.228 e. The Labute approximate surface area is 104 Å². The van der Waals surface area contributed by atoms with E-state index < -0.39 is 0 Å². The summed E-state index contributed by atoms with van der Waals surface area (Å²) in [7, 11) is 0. The average molecular weight is 250 g/mol. The molecule has 88 valence electrons. The molecule has 0 bridgehead atoms. The van der Waals surface area contributed by atoms with Crippen molar-refractivity contribution in [2.45, 2.75) is 13.5 Å². The normalized spacial score (nSPS) is 10.5. The first-order valence-electron chi connectivity index (χ1n) is 5.24. The molecule has 0 radical (unpaired) electrons. The van der Waals surface area contributed by atoms with E-state index in [0.29, 0.717) is 28.6 Å². The highest BCUT2D eigenvalue weighted by Gasteiger charge is 2.15. The van der Waals surface area contributed by atoms with Gasteiger partial charge in [0, 0.05) is 24.5 Å². The zero-order valence-electron chi connectivity index (χ0n) is 9.35. The van der Waals surface area contributed by atoms with Crippen LogP contribution in [0.25, 0.3) is 0 Å². The second-order valence-corrected chi connectivity index (χ2v) is 4.01. The summed E-state index contributed by atoms with van der Waals surface area (Å²) in [4.78, 5) is 16.2. The molecule has 0 aliphatic rings. The van der Waals surface area contributed by atoms with Crippen LogP contribution < -0.4 is 5.73 Å². The van der Waals surface area contributed by atoms with Crippen LogP contribution in [0.5, 0.6) is 0 Å². The highest BCUT2D eigenvalue weighted by Crippen LogP contribution is 2.20. The van der Waals surface area contributed by atoms with Gasteiger partial charge in [0.15, 0.2) is 5.82 Å². The number of benzene rings is 1. The minimum absolute atomic E-state index is 0.153. The topological polar surface area (TPSA) is 60.9 Å². The molecule has 5 heteroatoms. The lowest BCUT2D eigenvalue weighted by Crippen LogP contribution is -2.10. The van der Waals surface area contributed by atoms with Crippen molar-refractivity contribution < 1.29 is 4.79 Å². The van der Waals surface area contributed by atoms with Crippen molar-refractivity contribution in [3.05, 3.63) is 47.0 Å². The van der Waals surface area contributed by atoms with Gasteiger partial charge in [-0.1, -0.05) is 11.6 Å². The third-order valence-corrected chi connectivity index (χ3v) is 2.86. The standard InChI is InChI=1S/C12H12ClN3O/c1-2-16-6-5-15-12(16)11(17)8-3-4-9(13)10(14)7-8/h3-7H,2,14H2,1H3. The second kappa shape index (κ2) is 4.59. The number of nitrogens with two attached hydrogens (primary N) is 1. The number of imidazole rings is 1. The number of nitrogen functional groups attached to an aromatic ring is 1. The quantitative estimate of drug-likeness (QED) is 0.671. The molecule has 2 aromatic rings. The summed E-state index contributed by atoms with van der Waals surface area (Å²) in [5.74, 6) is 0.259. The summed E-state index contributed by atoms with van der Waals surface area (Å²) in [5.41, 5.74) is 6.56. The van der Waals surface area contributed by atoms with Gasteiger partial charge in [-0.3, -0.25) is 4.79 Å². The molecule has 1 heterocycles. The van der Waals surface area contributed by atoms with E-state index in [1.165, 1.54) is 0 Å². The lowest BCUT2D eigenvalue weighted by Gasteiger charge is -2.05. The summed E-state index contributed by atoms with van der Waals surface area (Å²) in [6, 6.07) is 4.83. The molecule has 2 N–H and O–H groups in total. The lowest BCUT2D eigenvalue weighted by atomic mass is 10.1. The van der Waals surface area contributed by atoms with Gasteiger partial charge in [0.05, 0.1) is 10.7 Å². The number of ketones is 1. The van der Waals surface area contributed by atoms with E-state index in [9.17, 15) is 4.79 Å². The maximum atomic E-state index is 12.2. The monoisotopic (exact) mass is 249 g/mol. The van der Waals surface area contributed by atoms with Crippen LogP contribution in [0.3, 0.4) is 0 Å². The van der Waals surface area contributed by atoms with Gasteiger partial charge in [-0.25, -0.2) is 4.98 Å².